The minimum absolute atomic E-state index is 0.134. The van der Waals surface area contributed by atoms with Crippen molar-refractivity contribution in [2.24, 2.45) is 0 Å². The Bertz CT molecular complexity index is 262. The van der Waals surface area contributed by atoms with Gasteiger partial charge in [-0.3, -0.25) is 0 Å². The molecule has 0 saturated carbocycles. The van der Waals surface area contributed by atoms with E-state index < -0.39 is 0 Å². The van der Waals surface area contributed by atoms with E-state index in [9.17, 15) is 5.21 Å². The van der Waals surface area contributed by atoms with Gasteiger partial charge < -0.3 is 20.9 Å². The van der Waals surface area contributed by atoms with Crippen LogP contribution in [0.1, 0.15) is 5.56 Å². The summed E-state index contributed by atoms with van der Waals surface area (Å²) in [5, 5.41) is 28.0. The molecule has 0 saturated heterocycles. The quantitative estimate of drug-likeness (QED) is 0.429. The van der Waals surface area contributed by atoms with Crippen LogP contribution >= 0.6 is 0 Å². The van der Waals surface area contributed by atoms with Gasteiger partial charge in [0.1, 0.15) is 0 Å². The summed E-state index contributed by atoms with van der Waals surface area (Å²) in [6.45, 7) is 0.435. The minimum atomic E-state index is -0.140. The molecule has 0 radical (unpaired) electrons. The molecule has 0 atom stereocenters. The van der Waals surface area contributed by atoms with Crippen LogP contribution in [-0.4, -0.2) is 16.8 Å². The molecule has 0 aliphatic heterocycles. The van der Waals surface area contributed by atoms with E-state index in [4.69, 9.17) is 10.2 Å². The van der Waals surface area contributed by atoms with Gasteiger partial charge in [-0.05, 0) is 17.7 Å². The summed E-state index contributed by atoms with van der Waals surface area (Å²) in [5.74, 6) is -0.275. The van der Waals surface area contributed by atoms with Crippen LogP contribution in [0.2, 0.25) is 0 Å². The Morgan fingerprint density at radius 2 is 2.00 bits per heavy atom. The number of nitrogens with two attached hydrogens (primary N) is 1. The van der Waals surface area contributed by atoms with Crippen LogP contribution in [0.5, 0.6) is 11.5 Å². The lowest BCUT2D eigenvalue weighted by Gasteiger charge is -2.03. The van der Waals surface area contributed by atoms with Gasteiger partial charge in [-0.2, -0.15) is 0 Å². The molecule has 0 aliphatic rings. The maximum atomic E-state index is 10.0. The first-order valence-electron chi connectivity index (χ1n) is 3.68. The zero-order valence-electron chi connectivity index (χ0n) is 6.53. The van der Waals surface area contributed by atoms with Crippen LogP contribution in [0.25, 0.3) is 0 Å². The average Bonchev–Trinajstić information content (AvgIpc) is 2.07. The van der Waals surface area contributed by atoms with Gasteiger partial charge >= 0.3 is 0 Å². The second-order valence-corrected chi connectivity index (χ2v) is 2.53. The molecule has 0 unspecified atom stereocenters. The molecular formula is C8H11NO3. The molecule has 0 aromatic heterocycles. The predicted octanol–water partition coefficient (Wildman–Crippen LogP) is -0.299. The lowest BCUT2D eigenvalue weighted by atomic mass is 10.1. The fourth-order valence-electron chi connectivity index (χ4n) is 0.950. The third kappa shape index (κ3) is 2.11. The number of quaternary nitrogens is 1. The van der Waals surface area contributed by atoms with Gasteiger partial charge in [0.05, 0.1) is 6.54 Å². The smallest absolute Gasteiger partial charge is 0.157 e. The van der Waals surface area contributed by atoms with Crippen molar-refractivity contribution in [3.63, 3.8) is 0 Å². The molecule has 0 fully saturated rings. The van der Waals surface area contributed by atoms with Gasteiger partial charge in [-0.25, -0.2) is 0 Å². The molecule has 1 aromatic rings. The number of aromatic hydroxyl groups is 2. The zero-order valence-corrected chi connectivity index (χ0v) is 6.53. The Morgan fingerprint density at radius 3 is 2.58 bits per heavy atom. The number of hydrogen-bond donors (Lipinski definition) is 3. The summed E-state index contributed by atoms with van der Waals surface area (Å²) >= 11 is 0. The standard InChI is InChI=1S/C8H11NO3/c10-7-2-1-6(3-4-9-12)5-8(7)11/h1-2,5,10-11H,3-4,9H2. The summed E-state index contributed by atoms with van der Waals surface area (Å²) < 4.78 is 0. The Kier molecular flexibility index (Phi) is 2.90. The van der Waals surface area contributed by atoms with Crippen LogP contribution in [0.3, 0.4) is 0 Å². The first kappa shape index (κ1) is 8.83. The van der Waals surface area contributed by atoms with Crippen LogP contribution in [-0.2, 0) is 6.42 Å². The highest BCUT2D eigenvalue weighted by Gasteiger charge is 1.99. The van der Waals surface area contributed by atoms with E-state index in [0.717, 1.165) is 11.0 Å². The highest BCUT2D eigenvalue weighted by molar-refractivity contribution is 5.40. The van der Waals surface area contributed by atoms with Crippen molar-refractivity contribution in [3.8, 4) is 11.5 Å². The maximum Gasteiger partial charge on any atom is 0.157 e. The number of hydrogen-bond acceptors (Lipinski definition) is 3. The molecule has 0 spiro atoms. The van der Waals surface area contributed by atoms with Crippen molar-refractivity contribution in [1.29, 1.82) is 0 Å². The van der Waals surface area contributed by atoms with E-state index >= 15 is 0 Å². The first-order chi connectivity index (χ1) is 5.74. The van der Waals surface area contributed by atoms with Crippen molar-refractivity contribution in [2.45, 2.75) is 6.42 Å². The topological polar surface area (TPSA) is 80.1 Å². The molecule has 66 valence electrons. The van der Waals surface area contributed by atoms with Crippen molar-refractivity contribution in [3.05, 3.63) is 29.0 Å². The van der Waals surface area contributed by atoms with Crippen molar-refractivity contribution in [2.75, 3.05) is 6.54 Å². The largest absolute Gasteiger partial charge is 0.636 e. The molecule has 4 heteroatoms. The summed E-state index contributed by atoms with van der Waals surface area (Å²) in [6.07, 6.45) is 0.595. The Labute approximate surface area is 70.0 Å². The molecule has 0 aliphatic carbocycles. The van der Waals surface area contributed by atoms with Gasteiger partial charge in [-0.15, -0.1) is 0 Å². The monoisotopic (exact) mass is 169 g/mol. The van der Waals surface area contributed by atoms with Crippen molar-refractivity contribution >= 4 is 0 Å². The zero-order chi connectivity index (χ0) is 8.97. The van der Waals surface area contributed by atoms with Crippen LogP contribution in [0.4, 0.5) is 0 Å². The van der Waals surface area contributed by atoms with Crippen LogP contribution < -0.4 is 5.48 Å². The van der Waals surface area contributed by atoms with Crippen LogP contribution in [0, 0.1) is 5.21 Å². The predicted molar refractivity (Wildman–Crippen MR) is 43.6 cm³/mol. The van der Waals surface area contributed by atoms with E-state index in [0.29, 0.717) is 13.0 Å². The highest BCUT2D eigenvalue weighted by Crippen LogP contribution is 2.24. The molecule has 0 amide bonds. The first-order valence-corrected chi connectivity index (χ1v) is 3.68. The van der Waals surface area contributed by atoms with Gasteiger partial charge in [0.2, 0.25) is 0 Å². The molecular weight excluding hydrogens is 158 g/mol. The molecule has 1 rings (SSSR count). The van der Waals surface area contributed by atoms with Gasteiger partial charge in [0, 0.05) is 6.42 Å². The third-order valence-corrected chi connectivity index (χ3v) is 1.59. The van der Waals surface area contributed by atoms with Crippen LogP contribution in [0.15, 0.2) is 18.2 Å². The Morgan fingerprint density at radius 1 is 1.25 bits per heavy atom. The summed E-state index contributed by atoms with van der Waals surface area (Å²) in [7, 11) is 0. The molecule has 1 aromatic carbocycles. The fourth-order valence-corrected chi connectivity index (χ4v) is 0.950. The third-order valence-electron chi connectivity index (χ3n) is 1.59. The molecule has 0 heterocycles. The number of benzene rings is 1. The van der Waals surface area contributed by atoms with Gasteiger partial charge in [-0.1, -0.05) is 6.07 Å². The fraction of sp³-hybridized carbons (Fsp3) is 0.250. The molecule has 0 bridgehead atoms. The second kappa shape index (κ2) is 3.94. The number of phenols is 2. The molecule has 4 nitrogen and oxygen atoms in total. The second-order valence-electron chi connectivity index (χ2n) is 2.53. The van der Waals surface area contributed by atoms with E-state index in [2.05, 4.69) is 0 Å². The van der Waals surface area contributed by atoms with E-state index in [-0.39, 0.29) is 11.5 Å². The SMILES string of the molecule is [O-][NH2+]CCc1ccc(O)c(O)c1. The summed E-state index contributed by atoms with van der Waals surface area (Å²) in [4.78, 5) is 0. The number of phenolic OH excluding ortho intramolecular Hbond substituents is 2. The van der Waals surface area contributed by atoms with Gasteiger partial charge in [0.15, 0.2) is 11.5 Å². The normalized spacial score (nSPS) is 10.1. The lowest BCUT2D eigenvalue weighted by Crippen LogP contribution is -2.77. The average molecular weight is 169 g/mol. The molecule has 12 heavy (non-hydrogen) atoms. The maximum absolute atomic E-state index is 10.0. The number of hydroxylamine groups is 1. The Hall–Kier alpha value is -1.26. The number of rotatable bonds is 3. The molecule has 4 N–H and O–H groups in total. The summed E-state index contributed by atoms with van der Waals surface area (Å²) in [5.41, 5.74) is 1.67. The Balaban J connectivity index is 2.69. The van der Waals surface area contributed by atoms with E-state index in [1.807, 2.05) is 0 Å². The van der Waals surface area contributed by atoms with Gasteiger partial charge in [0.25, 0.3) is 0 Å². The summed E-state index contributed by atoms with van der Waals surface area (Å²) in [6, 6.07) is 4.55. The van der Waals surface area contributed by atoms with E-state index in [1.54, 1.807) is 6.07 Å². The minimum Gasteiger partial charge on any atom is -0.636 e. The highest BCUT2D eigenvalue weighted by atomic mass is 16.5. The van der Waals surface area contributed by atoms with Crippen molar-refractivity contribution in [1.82, 2.24) is 0 Å². The van der Waals surface area contributed by atoms with Crippen molar-refractivity contribution < 1.29 is 15.7 Å². The van der Waals surface area contributed by atoms with E-state index in [1.165, 1.54) is 12.1 Å². The lowest BCUT2D eigenvalue weighted by molar-refractivity contribution is -0.588.